The van der Waals surface area contributed by atoms with Gasteiger partial charge < -0.3 is 86.5 Å². The first-order valence-corrected chi connectivity index (χ1v) is 30.1. The molecule has 0 aliphatic carbocycles. The number of benzene rings is 4. The molecule has 4 aromatic carbocycles. The van der Waals surface area contributed by atoms with E-state index in [1.54, 1.807) is 12.1 Å². The number of quaternary nitrogens is 1. The quantitative estimate of drug-likeness (QED) is 0.0472. The van der Waals surface area contributed by atoms with Crippen LogP contribution in [0.3, 0.4) is 0 Å². The van der Waals surface area contributed by atoms with Crippen LogP contribution in [0.2, 0.25) is 0 Å². The molecule has 3 aliphatic heterocycles. The molecule has 24 heteroatoms. The maximum Gasteiger partial charge on any atom is 0.251 e. The van der Waals surface area contributed by atoms with Crippen molar-refractivity contribution in [3.63, 3.8) is 0 Å². The fraction of sp³-hybridized carbons (Fsp3) is 0.516. The molecule has 0 unspecified atom stereocenters. The standard InChI is InChI=1S/C64H86N8O16/c1-8-9-10-11-12-38-13-15-39(16-14-38)40-17-19-41(20-18-40)42-21-23-44(24-22-42)57(81)65-47-32-49(77)62(88-30-29-72(5,6)7)69-61(85)53-54(78)35(2)33-71(53)64(87)51(37(4)74)67-60(84)52(56(80)55(79)43-25-27-45(75)28-26-43)68-59(83)48-31-46(76)34-70(48)63(86)50(36(3)73)66-58(47)82/h13-28,35-37,46-56,62,73-74,76-80H,8-12,29-34H2,1-7H3,(H5-,65,66,67,68,69,75,81,82,83,84,85)/p+1/t35-,36+,37+,46+,47-,48-,49+,50-,51-,52-,53-,54-,55-,56-,62+/m0/s1. The molecule has 7 rings (SSSR count). The Morgan fingerprint density at radius 3 is 1.74 bits per heavy atom. The number of nitrogens with zero attached hydrogens (tertiary/aromatic N) is 3. The van der Waals surface area contributed by atoms with E-state index in [-0.39, 0.29) is 30.0 Å². The molecule has 0 aromatic heterocycles. The van der Waals surface area contributed by atoms with Crippen molar-refractivity contribution in [2.24, 2.45) is 5.92 Å². The fourth-order valence-corrected chi connectivity index (χ4v) is 11.2. The van der Waals surface area contributed by atoms with Crippen LogP contribution in [-0.4, -0.2) is 223 Å². The third-order valence-corrected chi connectivity index (χ3v) is 16.5. The number of aryl methyl sites for hydroxylation is 1. The van der Waals surface area contributed by atoms with Crippen LogP contribution >= 0.6 is 0 Å². The maximum absolute atomic E-state index is 14.8. The summed E-state index contributed by atoms with van der Waals surface area (Å²) in [4.78, 5) is 104. The lowest BCUT2D eigenvalue weighted by Crippen LogP contribution is -2.64. The number of ether oxygens (including phenoxy) is 1. The Morgan fingerprint density at radius 2 is 1.18 bits per heavy atom. The summed E-state index contributed by atoms with van der Waals surface area (Å²) in [5, 5.41) is 103. The number of nitrogens with one attached hydrogen (secondary N) is 5. The van der Waals surface area contributed by atoms with Crippen molar-refractivity contribution in [2.45, 2.75) is 158 Å². The molecule has 13 N–H and O–H groups in total. The minimum Gasteiger partial charge on any atom is -0.508 e. The Kier molecular flexibility index (Phi) is 23.4. The van der Waals surface area contributed by atoms with E-state index in [0.717, 1.165) is 58.7 Å². The summed E-state index contributed by atoms with van der Waals surface area (Å²) < 4.78 is 6.45. The number of carbonyl (C=O) groups excluding carboxylic acids is 7. The van der Waals surface area contributed by atoms with Gasteiger partial charge in [0.25, 0.3) is 5.91 Å². The van der Waals surface area contributed by atoms with Gasteiger partial charge in [0.2, 0.25) is 35.4 Å². The third-order valence-electron chi connectivity index (χ3n) is 16.5. The number of fused-ring (bicyclic) bond motifs is 2. The number of amides is 7. The van der Waals surface area contributed by atoms with Crippen molar-refractivity contribution in [3.05, 3.63) is 114 Å². The van der Waals surface area contributed by atoms with Crippen LogP contribution in [0, 0.1) is 5.92 Å². The minimum absolute atomic E-state index is 0.0588. The first-order chi connectivity index (χ1) is 41.6. The van der Waals surface area contributed by atoms with E-state index in [1.165, 1.54) is 68.1 Å². The highest BCUT2D eigenvalue weighted by molar-refractivity contribution is 6.00. The zero-order chi connectivity index (χ0) is 64.3. The molecule has 0 radical (unpaired) electrons. The number of unbranched alkanes of at least 4 members (excludes halogenated alkanes) is 3. The Bertz CT molecular complexity index is 3030. The molecule has 478 valence electrons. The van der Waals surface area contributed by atoms with Gasteiger partial charge in [-0.2, -0.15) is 0 Å². The SMILES string of the molecule is CCCCCCc1ccc(-c2ccc(-c3ccc(C(=O)N[C@H]4C[C@@H](O)[C@@H](OCC[N+](C)(C)C)NC(=O)[C@@H]5[C@@H](O)[C@@H](C)CN5C(=O)[C@H]([C@@H](C)O)NC(=O)[C@H]([C@H](O)[C@@H](O)c5ccc(O)cc5)NC(=O)[C@@H]5C[C@@H](O)CN5C(=O)[C@H]([C@@H](C)O)NC4=O)cc3)cc2)cc1. The molecule has 3 fully saturated rings. The highest BCUT2D eigenvalue weighted by Crippen LogP contribution is 2.30. The Balaban J connectivity index is 1.23. The summed E-state index contributed by atoms with van der Waals surface area (Å²) in [5.74, 6) is -8.98. The van der Waals surface area contributed by atoms with Gasteiger partial charge in [-0.3, -0.25) is 33.6 Å². The number of phenols is 1. The average molecular weight is 1220 g/mol. The largest absolute Gasteiger partial charge is 0.508 e. The van der Waals surface area contributed by atoms with E-state index in [4.69, 9.17) is 4.74 Å². The second-order valence-corrected chi connectivity index (χ2v) is 24.6. The van der Waals surface area contributed by atoms with Gasteiger partial charge in [0, 0.05) is 37.4 Å². The van der Waals surface area contributed by atoms with E-state index in [2.05, 4.69) is 57.8 Å². The lowest BCUT2D eigenvalue weighted by molar-refractivity contribution is -0.870. The van der Waals surface area contributed by atoms with Crippen molar-refractivity contribution in [1.29, 1.82) is 0 Å². The number of aliphatic hydroxyl groups excluding tert-OH is 7. The van der Waals surface area contributed by atoms with Crippen LogP contribution in [0.1, 0.15) is 93.8 Å². The van der Waals surface area contributed by atoms with Gasteiger partial charge in [-0.1, -0.05) is 106 Å². The molecule has 4 aromatic rings. The molecular weight excluding hydrogens is 1140 g/mol. The first kappa shape index (κ1) is 68.1. The van der Waals surface area contributed by atoms with Crippen LogP contribution in [0.4, 0.5) is 0 Å². The number of aliphatic hydroxyl groups is 7. The molecule has 15 atom stereocenters. The van der Waals surface area contributed by atoms with E-state index < -0.39 is 152 Å². The van der Waals surface area contributed by atoms with Crippen molar-refractivity contribution in [2.75, 3.05) is 47.4 Å². The molecule has 24 nitrogen and oxygen atoms in total. The van der Waals surface area contributed by atoms with Gasteiger partial charge in [0.05, 0.1) is 52.2 Å². The van der Waals surface area contributed by atoms with E-state index >= 15 is 0 Å². The maximum atomic E-state index is 14.8. The van der Waals surface area contributed by atoms with Crippen molar-refractivity contribution in [1.82, 2.24) is 36.4 Å². The van der Waals surface area contributed by atoms with Crippen molar-refractivity contribution in [3.8, 4) is 28.0 Å². The van der Waals surface area contributed by atoms with Crippen molar-refractivity contribution < 1.29 is 83.6 Å². The second kappa shape index (κ2) is 30.2. The molecule has 0 saturated carbocycles. The highest BCUT2D eigenvalue weighted by Gasteiger charge is 2.50. The topological polar surface area (TPSA) is 357 Å². The van der Waals surface area contributed by atoms with Crippen LogP contribution in [0.25, 0.3) is 22.3 Å². The smallest absolute Gasteiger partial charge is 0.251 e. The minimum atomic E-state index is -2.28. The first-order valence-electron chi connectivity index (χ1n) is 30.1. The van der Waals surface area contributed by atoms with Crippen LogP contribution in [0.15, 0.2) is 97.1 Å². The molecular formula is C64H87N8O16+. The van der Waals surface area contributed by atoms with Gasteiger partial charge >= 0.3 is 0 Å². The molecule has 7 amide bonds. The number of rotatable bonds is 18. The summed E-state index contributed by atoms with van der Waals surface area (Å²) in [6, 6.07) is 16.2. The third kappa shape index (κ3) is 17.3. The zero-order valence-electron chi connectivity index (χ0n) is 50.9. The fourth-order valence-electron chi connectivity index (χ4n) is 11.2. The van der Waals surface area contributed by atoms with Crippen LogP contribution < -0.4 is 26.6 Å². The number of carbonyl (C=O) groups is 7. The molecule has 3 heterocycles. The van der Waals surface area contributed by atoms with E-state index in [1.807, 2.05) is 45.4 Å². The van der Waals surface area contributed by atoms with Crippen LogP contribution in [0.5, 0.6) is 5.75 Å². The molecule has 88 heavy (non-hydrogen) atoms. The van der Waals surface area contributed by atoms with Gasteiger partial charge in [-0.25, -0.2) is 0 Å². The number of likely N-dealkylation sites (N-methyl/N-ethyl adjacent to an activating group) is 1. The predicted molar refractivity (Wildman–Crippen MR) is 323 cm³/mol. The summed E-state index contributed by atoms with van der Waals surface area (Å²) in [6.45, 7) is 5.24. The Hall–Kier alpha value is -7.39. The van der Waals surface area contributed by atoms with Crippen LogP contribution in [-0.2, 0) is 39.9 Å². The Morgan fingerprint density at radius 1 is 0.648 bits per heavy atom. The summed E-state index contributed by atoms with van der Waals surface area (Å²) in [6.07, 6.45) is -9.97. The average Bonchev–Trinajstić information content (AvgIpc) is 2.08. The van der Waals surface area contributed by atoms with Gasteiger partial charge in [0.15, 0.2) is 6.23 Å². The van der Waals surface area contributed by atoms with E-state index in [9.17, 15) is 74.4 Å². The number of hydrogen-bond acceptors (Lipinski definition) is 16. The van der Waals surface area contributed by atoms with Gasteiger partial charge in [0.1, 0.15) is 66.9 Å². The lowest BCUT2D eigenvalue weighted by Gasteiger charge is -2.34. The zero-order valence-corrected chi connectivity index (χ0v) is 50.9. The lowest BCUT2D eigenvalue weighted by atomic mass is 9.96. The molecule has 0 spiro atoms. The monoisotopic (exact) mass is 1220 g/mol. The summed E-state index contributed by atoms with van der Waals surface area (Å²) in [5.41, 5.74) is 4.96. The molecule has 3 saturated heterocycles. The van der Waals surface area contributed by atoms with Crippen molar-refractivity contribution >= 4 is 41.4 Å². The normalized spacial score (nSPS) is 26.7. The van der Waals surface area contributed by atoms with Gasteiger partial charge in [-0.05, 0) is 84.3 Å². The highest BCUT2D eigenvalue weighted by atomic mass is 16.5. The number of hydrogen-bond donors (Lipinski definition) is 13. The number of phenolic OH excluding ortho intramolecular Hbond substituents is 1. The Labute approximate surface area is 512 Å². The summed E-state index contributed by atoms with van der Waals surface area (Å²) in [7, 11) is 5.53. The molecule has 0 bridgehead atoms. The molecule has 3 aliphatic rings. The number of aromatic hydroxyl groups is 1. The van der Waals surface area contributed by atoms with E-state index in [0.29, 0.717) is 11.0 Å². The second-order valence-electron chi connectivity index (χ2n) is 24.6. The summed E-state index contributed by atoms with van der Waals surface area (Å²) >= 11 is 0. The van der Waals surface area contributed by atoms with Gasteiger partial charge in [-0.15, -0.1) is 0 Å². The predicted octanol–water partition coefficient (Wildman–Crippen LogP) is 0.357.